The predicted octanol–water partition coefficient (Wildman–Crippen LogP) is 8.56. The van der Waals surface area contributed by atoms with Gasteiger partial charge in [0.1, 0.15) is 42.2 Å². The molecule has 1 aromatic heterocycles. The predicted molar refractivity (Wildman–Crippen MR) is 235 cm³/mol. The van der Waals surface area contributed by atoms with Crippen molar-refractivity contribution in [3.05, 3.63) is 135 Å². The van der Waals surface area contributed by atoms with Crippen LogP contribution in [0, 0.1) is 17.6 Å². The van der Waals surface area contributed by atoms with E-state index >= 15 is 0 Å². The van der Waals surface area contributed by atoms with Crippen molar-refractivity contribution in [2.75, 3.05) is 0 Å². The van der Waals surface area contributed by atoms with Gasteiger partial charge in [-0.3, -0.25) is 9.59 Å². The number of hydrogen-bond donors (Lipinski definition) is 5. The lowest BCUT2D eigenvalue weighted by Crippen LogP contribution is -2.66. The number of amides is 3. The Kier molecular flexibility index (Phi) is 15.1. The fourth-order valence-corrected chi connectivity index (χ4v) is 8.15. The van der Waals surface area contributed by atoms with Crippen molar-refractivity contribution >= 4 is 75.4 Å². The van der Waals surface area contributed by atoms with Crippen LogP contribution < -0.4 is 26.4 Å². The molecule has 6 rings (SSSR count). The van der Waals surface area contributed by atoms with Gasteiger partial charge in [-0.25, -0.2) is 18.4 Å². The standard InChI is InChI=1S/C45H45Cl2F2N5O7S/c1-3-25(2)38(40(50)62)53-42(56)45(17-16-36-34(22-45)33-20-29(46)21-35(47)39(33)51-36)54-41(55)37(52-43(57)59-23-27-6-4-8-30(48)18-27)15-12-26-10-13-32(14-11-26)61-44(58)60-24-28-7-5-9-31(49)19-28/h4-11,13-14,18-21,25,37-38,51H,3,12,15-17,22-24H2,1-2H3,(H2,50,62)(H,52,57)(H,53,56)(H,54,55)/t25?,37-,38-,45+/m0/s1. The number of benzene rings is 4. The number of carbonyl (C=O) groups excluding carboxylic acids is 4. The number of thiocarbonyl (C=S) groups is 1. The SMILES string of the molecule is CCC(C)[C@H](NC(=O)[C@@]1(NC(=O)[C@H](CCc2ccc(OC(=O)OCc3cccc(F)c3)cc2)NC(=O)OCc2cccc(F)c2)CCc2[nH]c3c(Cl)cc(Cl)cc3c2C1)C(N)=S. The van der Waals surface area contributed by atoms with Crippen LogP contribution in [-0.2, 0) is 51.5 Å². The summed E-state index contributed by atoms with van der Waals surface area (Å²) < 4.78 is 43.1. The molecule has 0 aliphatic heterocycles. The fraction of sp³-hybridized carbons (Fsp3) is 0.311. The van der Waals surface area contributed by atoms with E-state index in [0.717, 1.165) is 11.3 Å². The summed E-state index contributed by atoms with van der Waals surface area (Å²) in [6.07, 6.45) is -0.503. The van der Waals surface area contributed by atoms with E-state index in [4.69, 9.17) is 55.4 Å². The van der Waals surface area contributed by atoms with Crippen LogP contribution in [0.15, 0.2) is 84.9 Å². The first kappa shape index (κ1) is 45.7. The summed E-state index contributed by atoms with van der Waals surface area (Å²) in [5, 5.41) is 10.1. The molecule has 1 aliphatic rings. The van der Waals surface area contributed by atoms with Crippen molar-refractivity contribution in [2.45, 2.75) is 83.2 Å². The fourth-order valence-electron chi connectivity index (χ4n) is 7.32. The van der Waals surface area contributed by atoms with Gasteiger partial charge < -0.3 is 40.9 Å². The third-order valence-electron chi connectivity index (χ3n) is 10.9. The van der Waals surface area contributed by atoms with E-state index in [1.807, 2.05) is 13.8 Å². The van der Waals surface area contributed by atoms with Crippen molar-refractivity contribution in [1.82, 2.24) is 20.9 Å². The van der Waals surface area contributed by atoms with Crippen molar-refractivity contribution in [3.8, 4) is 5.75 Å². The molecule has 0 spiro atoms. The van der Waals surface area contributed by atoms with Crippen LogP contribution in [0.25, 0.3) is 10.9 Å². The smallest absolute Gasteiger partial charge is 0.445 e. The lowest BCUT2D eigenvalue weighted by Gasteiger charge is -2.39. The minimum Gasteiger partial charge on any atom is -0.445 e. The average molecular weight is 909 g/mol. The number of nitrogens with two attached hydrogens (primary N) is 1. The Balaban J connectivity index is 1.23. The van der Waals surface area contributed by atoms with Gasteiger partial charge in [0.15, 0.2) is 0 Å². The maximum Gasteiger partial charge on any atom is 0.514 e. The van der Waals surface area contributed by atoms with E-state index < -0.39 is 53.3 Å². The summed E-state index contributed by atoms with van der Waals surface area (Å²) in [4.78, 5) is 58.3. The molecule has 326 valence electrons. The summed E-state index contributed by atoms with van der Waals surface area (Å²) in [6, 6.07) is 19.0. The number of alkyl carbamates (subject to hydrolysis) is 1. The molecular weight excluding hydrogens is 863 g/mol. The third-order valence-corrected chi connectivity index (χ3v) is 11.6. The molecule has 0 bridgehead atoms. The molecule has 0 radical (unpaired) electrons. The molecule has 4 atom stereocenters. The van der Waals surface area contributed by atoms with E-state index in [1.165, 1.54) is 48.5 Å². The van der Waals surface area contributed by atoms with Gasteiger partial charge in [0.25, 0.3) is 0 Å². The lowest BCUT2D eigenvalue weighted by atomic mass is 9.78. The normalized spacial score (nSPS) is 16.0. The molecule has 12 nitrogen and oxygen atoms in total. The van der Waals surface area contributed by atoms with Gasteiger partial charge in [-0.1, -0.05) is 92.1 Å². The molecule has 1 aliphatic carbocycles. The summed E-state index contributed by atoms with van der Waals surface area (Å²) >= 11 is 18.4. The number of aromatic nitrogens is 1. The number of aryl methyl sites for hydroxylation is 2. The highest BCUT2D eigenvalue weighted by molar-refractivity contribution is 7.80. The molecule has 0 fully saturated rings. The van der Waals surface area contributed by atoms with Gasteiger partial charge in [0.05, 0.1) is 21.6 Å². The second-order valence-electron chi connectivity index (χ2n) is 15.2. The maximum atomic E-state index is 14.6. The third kappa shape index (κ3) is 11.6. The topological polar surface area (TPSA) is 174 Å². The molecule has 0 saturated heterocycles. The Hall–Kier alpha value is -5.77. The number of halogens is 4. The van der Waals surface area contributed by atoms with E-state index in [-0.39, 0.29) is 55.6 Å². The Morgan fingerprint density at radius 1 is 0.903 bits per heavy atom. The molecule has 4 aromatic carbocycles. The molecule has 6 N–H and O–H groups in total. The number of nitrogens with one attached hydrogen (secondary N) is 4. The minimum atomic E-state index is -1.56. The highest BCUT2D eigenvalue weighted by Gasteiger charge is 2.46. The van der Waals surface area contributed by atoms with Gasteiger partial charge in [0.2, 0.25) is 11.8 Å². The zero-order valence-electron chi connectivity index (χ0n) is 33.8. The Morgan fingerprint density at radius 3 is 2.19 bits per heavy atom. The van der Waals surface area contributed by atoms with Crippen LogP contribution >= 0.6 is 35.4 Å². The number of H-pyrrole nitrogens is 1. The number of carbonyl (C=O) groups is 4. The molecule has 3 amide bonds. The summed E-state index contributed by atoms with van der Waals surface area (Å²) in [7, 11) is 0. The van der Waals surface area contributed by atoms with Gasteiger partial charge in [-0.15, -0.1) is 0 Å². The average Bonchev–Trinajstić information content (AvgIpc) is 3.60. The molecular formula is C45H45Cl2F2N5O7S. The summed E-state index contributed by atoms with van der Waals surface area (Å²) in [5.41, 5.74) is 8.32. The quantitative estimate of drug-likeness (QED) is 0.0369. The highest BCUT2D eigenvalue weighted by atomic mass is 35.5. The first-order chi connectivity index (χ1) is 29.6. The van der Waals surface area contributed by atoms with Crippen LogP contribution in [-0.4, -0.2) is 51.7 Å². The molecule has 1 unspecified atom stereocenters. The van der Waals surface area contributed by atoms with Crippen LogP contribution in [0.1, 0.15) is 61.1 Å². The maximum absolute atomic E-state index is 14.6. The summed E-state index contributed by atoms with van der Waals surface area (Å²) in [5.74, 6) is -2.13. The van der Waals surface area contributed by atoms with Gasteiger partial charge in [-0.2, -0.15) is 0 Å². The van der Waals surface area contributed by atoms with Crippen LogP contribution in [0.2, 0.25) is 10.0 Å². The second kappa shape index (κ2) is 20.4. The van der Waals surface area contributed by atoms with Gasteiger partial charge in [0, 0.05) is 22.5 Å². The number of hydrogen-bond acceptors (Lipinski definition) is 8. The van der Waals surface area contributed by atoms with Crippen molar-refractivity contribution in [2.24, 2.45) is 11.7 Å². The Morgan fingerprint density at radius 2 is 1.56 bits per heavy atom. The molecule has 17 heteroatoms. The van der Waals surface area contributed by atoms with E-state index in [1.54, 1.807) is 36.4 Å². The number of aromatic amines is 1. The van der Waals surface area contributed by atoms with Gasteiger partial charge in [-0.05, 0) is 102 Å². The van der Waals surface area contributed by atoms with E-state index in [0.29, 0.717) is 50.5 Å². The molecule has 1 heterocycles. The largest absolute Gasteiger partial charge is 0.514 e. The zero-order valence-corrected chi connectivity index (χ0v) is 36.2. The number of rotatable bonds is 16. The highest BCUT2D eigenvalue weighted by Crippen LogP contribution is 2.38. The molecule has 0 saturated carbocycles. The van der Waals surface area contributed by atoms with Crippen LogP contribution in [0.4, 0.5) is 18.4 Å². The van der Waals surface area contributed by atoms with E-state index in [9.17, 15) is 28.0 Å². The number of ether oxygens (including phenoxy) is 3. The van der Waals surface area contributed by atoms with Crippen LogP contribution in [0.3, 0.4) is 0 Å². The Bertz CT molecular complexity index is 2470. The first-order valence-electron chi connectivity index (χ1n) is 19.9. The van der Waals surface area contributed by atoms with E-state index in [2.05, 4.69) is 20.9 Å². The van der Waals surface area contributed by atoms with Crippen molar-refractivity contribution in [1.29, 1.82) is 0 Å². The molecule has 62 heavy (non-hydrogen) atoms. The monoisotopic (exact) mass is 907 g/mol. The van der Waals surface area contributed by atoms with Crippen molar-refractivity contribution in [3.63, 3.8) is 0 Å². The Labute approximate surface area is 372 Å². The number of fused-ring (bicyclic) bond motifs is 3. The zero-order chi connectivity index (χ0) is 44.6. The lowest BCUT2D eigenvalue weighted by molar-refractivity contribution is -0.135. The summed E-state index contributed by atoms with van der Waals surface area (Å²) in [6.45, 7) is 3.39. The van der Waals surface area contributed by atoms with Crippen LogP contribution in [0.5, 0.6) is 5.75 Å². The molecule has 5 aromatic rings. The van der Waals surface area contributed by atoms with Crippen molar-refractivity contribution < 1.29 is 42.2 Å². The van der Waals surface area contributed by atoms with Gasteiger partial charge >= 0.3 is 12.2 Å². The minimum absolute atomic E-state index is 0.0282. The second-order valence-corrected chi connectivity index (χ2v) is 16.6. The first-order valence-corrected chi connectivity index (χ1v) is 21.1.